The van der Waals surface area contributed by atoms with Crippen LogP contribution in [0.4, 0.5) is 13.2 Å². The van der Waals surface area contributed by atoms with E-state index in [1.807, 2.05) is 20.8 Å². The average Bonchev–Trinajstić information content (AvgIpc) is 2.32. The molecule has 120 valence electrons. The Bertz CT molecular complexity index is 470. The van der Waals surface area contributed by atoms with E-state index in [2.05, 4.69) is 4.74 Å². The number of aliphatic hydroxyl groups excluding tert-OH is 1. The third kappa shape index (κ3) is 5.81. The van der Waals surface area contributed by atoms with Crippen molar-refractivity contribution in [1.29, 1.82) is 0 Å². The van der Waals surface area contributed by atoms with Gasteiger partial charge in [0.2, 0.25) is 0 Å². The standard InChI is InChI=1S/C14H20F3NO3/c1-13(2,3)11-5-4-10(21-14(15,16)17)6-12(11)20-8-9(19)7-18/h4-6,9,19H,7-8,18H2,1-3H3. The van der Waals surface area contributed by atoms with Gasteiger partial charge in [0, 0.05) is 12.6 Å². The number of alkyl halides is 3. The highest BCUT2D eigenvalue weighted by Crippen LogP contribution is 2.35. The largest absolute Gasteiger partial charge is 0.573 e. The Hall–Kier alpha value is -1.47. The summed E-state index contributed by atoms with van der Waals surface area (Å²) in [5, 5.41) is 9.41. The molecule has 7 heteroatoms. The van der Waals surface area contributed by atoms with Crippen molar-refractivity contribution in [1.82, 2.24) is 0 Å². The second-order valence-corrected chi connectivity index (χ2v) is 5.66. The first-order valence-electron chi connectivity index (χ1n) is 6.44. The number of hydrogen-bond donors (Lipinski definition) is 2. The molecule has 21 heavy (non-hydrogen) atoms. The van der Waals surface area contributed by atoms with Crippen molar-refractivity contribution in [3.63, 3.8) is 0 Å². The topological polar surface area (TPSA) is 64.7 Å². The Morgan fingerprint density at radius 2 is 1.86 bits per heavy atom. The number of aliphatic hydroxyl groups is 1. The van der Waals surface area contributed by atoms with Crippen LogP contribution in [0.1, 0.15) is 26.3 Å². The van der Waals surface area contributed by atoms with Gasteiger partial charge in [0.15, 0.2) is 0 Å². The minimum absolute atomic E-state index is 0.00356. The van der Waals surface area contributed by atoms with E-state index in [4.69, 9.17) is 10.5 Å². The molecule has 1 unspecified atom stereocenters. The van der Waals surface area contributed by atoms with E-state index in [1.54, 1.807) is 0 Å². The Morgan fingerprint density at radius 1 is 1.24 bits per heavy atom. The van der Waals surface area contributed by atoms with Crippen LogP contribution in [-0.4, -0.2) is 30.7 Å². The molecule has 0 saturated carbocycles. The van der Waals surface area contributed by atoms with Gasteiger partial charge in [0.1, 0.15) is 24.2 Å². The minimum Gasteiger partial charge on any atom is -0.490 e. The molecule has 0 bridgehead atoms. The van der Waals surface area contributed by atoms with Gasteiger partial charge in [0.25, 0.3) is 0 Å². The van der Waals surface area contributed by atoms with Crippen LogP contribution in [0.3, 0.4) is 0 Å². The van der Waals surface area contributed by atoms with Gasteiger partial charge in [-0.15, -0.1) is 13.2 Å². The van der Waals surface area contributed by atoms with E-state index in [0.717, 1.165) is 6.07 Å². The highest BCUT2D eigenvalue weighted by atomic mass is 19.4. The quantitative estimate of drug-likeness (QED) is 0.877. The molecular weight excluding hydrogens is 287 g/mol. The normalized spacial score (nSPS) is 13.9. The zero-order valence-corrected chi connectivity index (χ0v) is 12.2. The Labute approximate surface area is 121 Å². The number of ether oxygens (including phenoxy) is 2. The van der Waals surface area contributed by atoms with Crippen molar-refractivity contribution >= 4 is 0 Å². The van der Waals surface area contributed by atoms with Gasteiger partial charge in [-0.25, -0.2) is 0 Å². The summed E-state index contributed by atoms with van der Waals surface area (Å²) in [4.78, 5) is 0. The van der Waals surface area contributed by atoms with E-state index in [0.29, 0.717) is 5.56 Å². The third-order valence-corrected chi connectivity index (χ3v) is 2.70. The molecule has 0 aliphatic carbocycles. The molecule has 4 nitrogen and oxygen atoms in total. The molecule has 3 N–H and O–H groups in total. The number of hydrogen-bond acceptors (Lipinski definition) is 4. The molecule has 0 aliphatic heterocycles. The molecule has 0 heterocycles. The lowest BCUT2D eigenvalue weighted by Crippen LogP contribution is -2.27. The van der Waals surface area contributed by atoms with E-state index < -0.39 is 12.5 Å². The zero-order valence-electron chi connectivity index (χ0n) is 12.2. The van der Waals surface area contributed by atoms with Gasteiger partial charge in [-0.1, -0.05) is 26.8 Å². The first-order chi connectivity index (χ1) is 9.53. The number of nitrogens with two attached hydrogens (primary N) is 1. The Kier molecular flexibility index (Phi) is 5.47. The molecule has 0 saturated heterocycles. The molecule has 0 fully saturated rings. The molecule has 0 aromatic heterocycles. The van der Waals surface area contributed by atoms with Crippen LogP contribution in [0.15, 0.2) is 18.2 Å². The number of halogens is 3. The first-order valence-corrected chi connectivity index (χ1v) is 6.44. The maximum atomic E-state index is 12.3. The zero-order chi connectivity index (χ0) is 16.3. The average molecular weight is 307 g/mol. The number of benzene rings is 1. The smallest absolute Gasteiger partial charge is 0.490 e. The third-order valence-electron chi connectivity index (χ3n) is 2.70. The van der Waals surface area contributed by atoms with Gasteiger partial charge in [-0.05, 0) is 17.0 Å². The summed E-state index contributed by atoms with van der Waals surface area (Å²) in [7, 11) is 0. The van der Waals surface area contributed by atoms with Gasteiger partial charge in [0.05, 0.1) is 0 Å². The van der Waals surface area contributed by atoms with Gasteiger partial charge in [-0.3, -0.25) is 0 Å². The maximum absolute atomic E-state index is 12.3. The maximum Gasteiger partial charge on any atom is 0.573 e. The van der Waals surface area contributed by atoms with Crippen LogP contribution in [0.25, 0.3) is 0 Å². The molecule has 0 radical (unpaired) electrons. The summed E-state index contributed by atoms with van der Waals surface area (Å²) in [5.74, 6) is -0.135. The summed E-state index contributed by atoms with van der Waals surface area (Å²) >= 11 is 0. The molecule has 1 aromatic rings. The van der Waals surface area contributed by atoms with Crippen LogP contribution < -0.4 is 15.2 Å². The minimum atomic E-state index is -4.77. The highest BCUT2D eigenvalue weighted by molar-refractivity contribution is 5.44. The summed E-state index contributed by atoms with van der Waals surface area (Å²) in [5.41, 5.74) is 5.65. The molecular formula is C14H20F3NO3. The van der Waals surface area contributed by atoms with Crippen molar-refractivity contribution in [2.45, 2.75) is 38.7 Å². The fraction of sp³-hybridized carbons (Fsp3) is 0.571. The molecule has 0 amide bonds. The van der Waals surface area contributed by atoms with Gasteiger partial charge < -0.3 is 20.3 Å². The fourth-order valence-corrected chi connectivity index (χ4v) is 1.69. The summed E-state index contributed by atoms with van der Waals surface area (Å²) in [6.45, 7) is 5.61. The van der Waals surface area contributed by atoms with Crippen LogP contribution in [-0.2, 0) is 5.41 Å². The summed E-state index contributed by atoms with van der Waals surface area (Å²) < 4.78 is 46.0. The molecule has 1 rings (SSSR count). The molecule has 1 atom stereocenters. The first kappa shape index (κ1) is 17.6. The Morgan fingerprint density at radius 3 is 2.33 bits per heavy atom. The lowest BCUT2D eigenvalue weighted by molar-refractivity contribution is -0.274. The van der Waals surface area contributed by atoms with Crippen LogP contribution in [0.2, 0.25) is 0 Å². The molecule has 0 aliphatic rings. The predicted molar refractivity (Wildman–Crippen MR) is 72.4 cm³/mol. The van der Waals surface area contributed by atoms with Crippen molar-refractivity contribution in [3.8, 4) is 11.5 Å². The fourth-order valence-electron chi connectivity index (χ4n) is 1.69. The van der Waals surface area contributed by atoms with Gasteiger partial charge in [-0.2, -0.15) is 0 Å². The second kappa shape index (κ2) is 6.53. The van der Waals surface area contributed by atoms with Crippen molar-refractivity contribution in [2.75, 3.05) is 13.2 Å². The van der Waals surface area contributed by atoms with E-state index >= 15 is 0 Å². The number of rotatable bonds is 5. The van der Waals surface area contributed by atoms with Crippen LogP contribution in [0.5, 0.6) is 11.5 Å². The predicted octanol–water partition coefficient (Wildman–Crippen LogP) is 2.58. The van der Waals surface area contributed by atoms with Crippen LogP contribution in [0, 0.1) is 0 Å². The summed E-state index contributed by atoms with van der Waals surface area (Å²) in [6.07, 6.45) is -5.65. The summed E-state index contributed by atoms with van der Waals surface area (Å²) in [6, 6.07) is 3.92. The molecule has 0 spiro atoms. The van der Waals surface area contributed by atoms with Crippen molar-refractivity contribution in [3.05, 3.63) is 23.8 Å². The Balaban J connectivity index is 3.05. The van der Waals surface area contributed by atoms with E-state index in [9.17, 15) is 18.3 Å². The van der Waals surface area contributed by atoms with Gasteiger partial charge >= 0.3 is 6.36 Å². The van der Waals surface area contributed by atoms with Crippen molar-refractivity contribution in [2.24, 2.45) is 5.73 Å². The molecule has 1 aromatic carbocycles. The van der Waals surface area contributed by atoms with E-state index in [-0.39, 0.29) is 30.1 Å². The highest BCUT2D eigenvalue weighted by Gasteiger charge is 2.32. The van der Waals surface area contributed by atoms with Crippen molar-refractivity contribution < 1.29 is 27.8 Å². The van der Waals surface area contributed by atoms with Crippen LogP contribution >= 0.6 is 0 Å². The van der Waals surface area contributed by atoms with E-state index in [1.165, 1.54) is 12.1 Å². The SMILES string of the molecule is CC(C)(C)c1ccc(OC(F)(F)F)cc1OCC(O)CN. The monoisotopic (exact) mass is 307 g/mol. The second-order valence-electron chi connectivity index (χ2n) is 5.66. The lowest BCUT2D eigenvalue weighted by Gasteiger charge is -2.24. The lowest BCUT2D eigenvalue weighted by atomic mass is 9.86.